The Morgan fingerprint density at radius 1 is 1.28 bits per heavy atom. The van der Waals surface area contributed by atoms with E-state index in [1.54, 1.807) is 0 Å². The minimum Gasteiger partial charge on any atom is -0.347 e. The normalized spacial score (nSPS) is 10.7. The van der Waals surface area contributed by atoms with E-state index in [0.29, 0.717) is 6.42 Å². The molecule has 0 fully saturated rings. The van der Waals surface area contributed by atoms with Crippen molar-refractivity contribution < 1.29 is 0 Å². The van der Waals surface area contributed by atoms with Crippen molar-refractivity contribution in [3.05, 3.63) is 36.0 Å². The Morgan fingerprint density at radius 2 is 2.11 bits per heavy atom. The van der Waals surface area contributed by atoms with Crippen molar-refractivity contribution in [3.8, 4) is 6.07 Å². The van der Waals surface area contributed by atoms with Crippen LogP contribution >= 0.6 is 0 Å². The molecule has 3 nitrogen and oxygen atoms in total. The number of rotatable bonds is 6. The minimum atomic E-state index is 0.655. The molecule has 0 bridgehead atoms. The molecule has 0 saturated carbocycles. The monoisotopic (exact) mass is 241 g/mol. The highest BCUT2D eigenvalue weighted by molar-refractivity contribution is 5.83. The molecule has 0 saturated heterocycles. The molecule has 0 radical (unpaired) electrons. The fraction of sp³-hybridized carbons (Fsp3) is 0.400. The Bertz CT molecular complexity index is 548. The molecule has 1 aromatic heterocycles. The van der Waals surface area contributed by atoms with Gasteiger partial charge in [-0.05, 0) is 31.5 Å². The standard InChI is InChI=1S/C15H19N3/c1-17-11-13-12-18(10-6-2-5-9-16)15-8-4-3-7-14(13)15/h3-4,7-8,12,17H,2,5-6,10-11H2,1H3. The molecular weight excluding hydrogens is 222 g/mol. The maximum Gasteiger partial charge on any atom is 0.0621 e. The van der Waals surface area contributed by atoms with Crippen LogP contribution in [0.4, 0.5) is 0 Å². The second-order valence-electron chi connectivity index (χ2n) is 4.51. The van der Waals surface area contributed by atoms with Crippen LogP contribution in [0.3, 0.4) is 0 Å². The lowest BCUT2D eigenvalue weighted by Crippen LogP contribution is -2.04. The predicted molar refractivity (Wildman–Crippen MR) is 74.2 cm³/mol. The summed E-state index contributed by atoms with van der Waals surface area (Å²) in [4.78, 5) is 0. The zero-order valence-electron chi connectivity index (χ0n) is 10.8. The molecule has 94 valence electrons. The van der Waals surface area contributed by atoms with Crippen molar-refractivity contribution in [2.45, 2.75) is 32.4 Å². The molecule has 1 N–H and O–H groups in total. The Balaban J connectivity index is 2.19. The highest BCUT2D eigenvalue weighted by Gasteiger charge is 2.06. The number of aromatic nitrogens is 1. The largest absolute Gasteiger partial charge is 0.347 e. The number of unbranched alkanes of at least 4 members (excludes halogenated alkanes) is 2. The van der Waals surface area contributed by atoms with Crippen LogP contribution in [0.5, 0.6) is 0 Å². The van der Waals surface area contributed by atoms with Gasteiger partial charge in [-0.1, -0.05) is 18.2 Å². The van der Waals surface area contributed by atoms with Crippen molar-refractivity contribution >= 4 is 10.9 Å². The number of nitrogens with zero attached hydrogens (tertiary/aromatic N) is 2. The highest BCUT2D eigenvalue weighted by atomic mass is 15.0. The third-order valence-corrected chi connectivity index (χ3v) is 3.18. The van der Waals surface area contributed by atoms with E-state index in [1.165, 1.54) is 16.5 Å². The van der Waals surface area contributed by atoms with Crippen LogP contribution < -0.4 is 5.32 Å². The van der Waals surface area contributed by atoms with Gasteiger partial charge in [-0.25, -0.2) is 0 Å². The molecule has 0 amide bonds. The third-order valence-electron chi connectivity index (χ3n) is 3.18. The summed E-state index contributed by atoms with van der Waals surface area (Å²) in [6.45, 7) is 1.89. The Labute approximate surface area is 108 Å². The zero-order chi connectivity index (χ0) is 12.8. The lowest BCUT2D eigenvalue weighted by Gasteiger charge is -2.03. The summed E-state index contributed by atoms with van der Waals surface area (Å²) in [6, 6.07) is 10.7. The van der Waals surface area contributed by atoms with E-state index in [0.717, 1.165) is 25.9 Å². The SMILES string of the molecule is CNCc1cn(CCCCC#N)c2ccccc12. The van der Waals surface area contributed by atoms with Crippen LogP contribution in [0.1, 0.15) is 24.8 Å². The molecule has 0 atom stereocenters. The number of benzene rings is 1. The Hall–Kier alpha value is -1.79. The average molecular weight is 241 g/mol. The van der Waals surface area contributed by atoms with Gasteiger partial charge in [0, 0.05) is 36.6 Å². The van der Waals surface area contributed by atoms with Crippen molar-refractivity contribution in [3.63, 3.8) is 0 Å². The molecule has 2 rings (SSSR count). The highest BCUT2D eigenvalue weighted by Crippen LogP contribution is 2.21. The molecule has 1 aromatic carbocycles. The first-order valence-corrected chi connectivity index (χ1v) is 6.45. The smallest absolute Gasteiger partial charge is 0.0621 e. The number of nitriles is 1. The van der Waals surface area contributed by atoms with Crippen LogP contribution in [0.15, 0.2) is 30.5 Å². The molecule has 0 aliphatic carbocycles. The first-order chi connectivity index (χ1) is 8.86. The van der Waals surface area contributed by atoms with Gasteiger partial charge >= 0.3 is 0 Å². The first kappa shape index (κ1) is 12.7. The Kier molecular flexibility index (Phi) is 4.38. The van der Waals surface area contributed by atoms with Crippen LogP contribution in [0.2, 0.25) is 0 Å². The van der Waals surface area contributed by atoms with Crippen LogP contribution in [-0.4, -0.2) is 11.6 Å². The van der Waals surface area contributed by atoms with Gasteiger partial charge in [-0.15, -0.1) is 0 Å². The van der Waals surface area contributed by atoms with Gasteiger partial charge in [0.1, 0.15) is 0 Å². The maximum absolute atomic E-state index is 8.54. The summed E-state index contributed by atoms with van der Waals surface area (Å²) in [6.07, 6.45) is 4.92. The fourth-order valence-corrected chi connectivity index (χ4v) is 2.33. The van der Waals surface area contributed by atoms with Gasteiger partial charge in [0.15, 0.2) is 0 Å². The topological polar surface area (TPSA) is 40.8 Å². The molecule has 2 aromatic rings. The van der Waals surface area contributed by atoms with E-state index < -0.39 is 0 Å². The summed E-state index contributed by atoms with van der Waals surface area (Å²) in [5.41, 5.74) is 2.63. The number of nitrogens with one attached hydrogen (secondary N) is 1. The second-order valence-corrected chi connectivity index (χ2v) is 4.51. The van der Waals surface area contributed by atoms with Gasteiger partial charge < -0.3 is 9.88 Å². The molecule has 0 aliphatic heterocycles. The van der Waals surface area contributed by atoms with Gasteiger partial charge in [-0.3, -0.25) is 0 Å². The van der Waals surface area contributed by atoms with E-state index in [9.17, 15) is 0 Å². The van der Waals surface area contributed by atoms with Crippen LogP contribution in [-0.2, 0) is 13.1 Å². The van der Waals surface area contributed by atoms with E-state index in [1.807, 2.05) is 7.05 Å². The van der Waals surface area contributed by atoms with Crippen molar-refractivity contribution in [2.75, 3.05) is 7.05 Å². The second kappa shape index (κ2) is 6.23. The van der Waals surface area contributed by atoms with Crippen LogP contribution in [0, 0.1) is 11.3 Å². The number of aryl methyl sites for hydroxylation is 1. The first-order valence-electron chi connectivity index (χ1n) is 6.45. The summed E-state index contributed by atoms with van der Waals surface area (Å²) in [7, 11) is 1.97. The lowest BCUT2D eigenvalue weighted by molar-refractivity contribution is 0.629. The van der Waals surface area contributed by atoms with Crippen molar-refractivity contribution in [1.82, 2.24) is 9.88 Å². The van der Waals surface area contributed by atoms with Gasteiger partial charge in [0.05, 0.1) is 6.07 Å². The molecule has 0 aliphatic rings. The number of fused-ring (bicyclic) bond motifs is 1. The lowest BCUT2D eigenvalue weighted by atomic mass is 10.2. The number of hydrogen-bond donors (Lipinski definition) is 1. The van der Waals surface area contributed by atoms with Gasteiger partial charge in [0.25, 0.3) is 0 Å². The molecular formula is C15H19N3. The van der Waals surface area contributed by atoms with E-state index in [2.05, 4.69) is 46.4 Å². The molecule has 18 heavy (non-hydrogen) atoms. The van der Waals surface area contributed by atoms with E-state index in [-0.39, 0.29) is 0 Å². The van der Waals surface area contributed by atoms with Gasteiger partial charge in [-0.2, -0.15) is 5.26 Å². The van der Waals surface area contributed by atoms with E-state index >= 15 is 0 Å². The molecule has 0 spiro atoms. The number of para-hydroxylation sites is 1. The van der Waals surface area contributed by atoms with Crippen molar-refractivity contribution in [1.29, 1.82) is 5.26 Å². The molecule has 1 heterocycles. The zero-order valence-corrected chi connectivity index (χ0v) is 10.8. The third kappa shape index (κ3) is 2.72. The summed E-state index contributed by atoms with van der Waals surface area (Å²) < 4.78 is 2.30. The van der Waals surface area contributed by atoms with Crippen molar-refractivity contribution in [2.24, 2.45) is 0 Å². The maximum atomic E-state index is 8.54. The van der Waals surface area contributed by atoms with Gasteiger partial charge in [0.2, 0.25) is 0 Å². The fourth-order valence-electron chi connectivity index (χ4n) is 2.33. The molecule has 3 heteroatoms. The van der Waals surface area contributed by atoms with E-state index in [4.69, 9.17) is 5.26 Å². The van der Waals surface area contributed by atoms with Crippen LogP contribution in [0.25, 0.3) is 10.9 Å². The summed E-state index contributed by atoms with van der Waals surface area (Å²) in [5, 5.41) is 13.1. The average Bonchev–Trinajstić information content (AvgIpc) is 2.74. The summed E-state index contributed by atoms with van der Waals surface area (Å²) >= 11 is 0. The minimum absolute atomic E-state index is 0.655. The number of hydrogen-bond acceptors (Lipinski definition) is 2. The molecule has 0 unspecified atom stereocenters. The summed E-state index contributed by atoms with van der Waals surface area (Å²) in [5.74, 6) is 0. The predicted octanol–water partition coefficient (Wildman–Crippen LogP) is 3.05. The Morgan fingerprint density at radius 3 is 2.89 bits per heavy atom. The quantitative estimate of drug-likeness (QED) is 0.790.